The van der Waals surface area contributed by atoms with Crippen LogP contribution >= 0.6 is 0 Å². The summed E-state index contributed by atoms with van der Waals surface area (Å²) in [7, 11) is 0. The molecule has 2 N–H and O–H groups in total. The van der Waals surface area contributed by atoms with Crippen LogP contribution in [0, 0.1) is 10.1 Å². The van der Waals surface area contributed by atoms with Gasteiger partial charge < -0.3 is 10.2 Å². The molecule has 6 heteroatoms. The molecule has 6 nitrogen and oxygen atoms in total. The second-order valence-electron chi connectivity index (χ2n) is 3.33. The van der Waals surface area contributed by atoms with Gasteiger partial charge in [0.25, 0.3) is 6.04 Å². The predicted octanol–water partition coefficient (Wildman–Crippen LogP) is 0.320. The summed E-state index contributed by atoms with van der Waals surface area (Å²) in [5, 5.41) is 28.3. The Hall–Kier alpha value is -1.95. The number of hydrogen-bond acceptors (Lipinski definition) is 4. The summed E-state index contributed by atoms with van der Waals surface area (Å²) in [6.07, 6.45) is -2.10. The van der Waals surface area contributed by atoms with Crippen molar-refractivity contribution >= 4 is 5.97 Å². The Morgan fingerprint density at radius 1 is 1.38 bits per heavy atom. The molecule has 86 valence electrons. The van der Waals surface area contributed by atoms with Gasteiger partial charge in [-0.2, -0.15) is 0 Å². The molecule has 0 bridgehead atoms. The van der Waals surface area contributed by atoms with Crippen LogP contribution in [-0.2, 0) is 11.2 Å². The van der Waals surface area contributed by atoms with Crippen LogP contribution in [0.5, 0.6) is 0 Å². The molecule has 2 atom stereocenters. The van der Waals surface area contributed by atoms with Crippen molar-refractivity contribution < 1.29 is 19.9 Å². The molecular formula is C10H11NO5. The molecule has 1 aromatic carbocycles. The van der Waals surface area contributed by atoms with Crippen LogP contribution in [0.15, 0.2) is 30.3 Å². The molecule has 0 spiro atoms. The fourth-order valence-corrected chi connectivity index (χ4v) is 1.32. The number of hydrogen-bond donors (Lipinski definition) is 2. The van der Waals surface area contributed by atoms with E-state index in [9.17, 15) is 20.0 Å². The number of benzene rings is 1. The van der Waals surface area contributed by atoms with Crippen LogP contribution in [0.25, 0.3) is 0 Å². The highest BCUT2D eigenvalue weighted by atomic mass is 16.6. The second-order valence-corrected chi connectivity index (χ2v) is 3.33. The van der Waals surface area contributed by atoms with Crippen LogP contribution in [0.2, 0.25) is 0 Å². The van der Waals surface area contributed by atoms with Gasteiger partial charge in [0.05, 0.1) is 0 Å². The summed E-state index contributed by atoms with van der Waals surface area (Å²) in [4.78, 5) is 20.3. The maximum atomic E-state index is 10.6. The van der Waals surface area contributed by atoms with Crippen LogP contribution in [-0.4, -0.2) is 33.3 Å². The molecule has 0 aliphatic rings. The highest BCUT2D eigenvalue weighted by molar-refractivity contribution is 5.72. The first-order chi connectivity index (χ1) is 7.52. The van der Waals surface area contributed by atoms with Crippen molar-refractivity contribution in [1.82, 2.24) is 0 Å². The van der Waals surface area contributed by atoms with Crippen LogP contribution in [0.1, 0.15) is 5.56 Å². The van der Waals surface area contributed by atoms with Crippen LogP contribution in [0.3, 0.4) is 0 Å². The number of carboxylic acid groups (broad SMARTS) is 1. The van der Waals surface area contributed by atoms with Gasteiger partial charge in [-0.05, 0) is 5.56 Å². The summed E-state index contributed by atoms with van der Waals surface area (Å²) in [6, 6.07) is 6.90. The number of rotatable bonds is 5. The first-order valence-corrected chi connectivity index (χ1v) is 4.60. The molecule has 16 heavy (non-hydrogen) atoms. The van der Waals surface area contributed by atoms with E-state index in [4.69, 9.17) is 5.11 Å². The van der Waals surface area contributed by atoms with Gasteiger partial charge in [-0.25, -0.2) is 4.79 Å². The third kappa shape index (κ3) is 3.03. The van der Waals surface area contributed by atoms with Gasteiger partial charge in [-0.3, -0.25) is 10.1 Å². The first kappa shape index (κ1) is 12.1. The molecular weight excluding hydrogens is 214 g/mol. The van der Waals surface area contributed by atoms with Gasteiger partial charge in [-0.1, -0.05) is 30.3 Å². The number of carboxylic acids is 1. The summed E-state index contributed by atoms with van der Waals surface area (Å²) in [5.74, 6) is -1.59. The van der Waals surface area contributed by atoms with Crippen molar-refractivity contribution in [3.63, 3.8) is 0 Å². The standard InChI is InChI=1S/C10H11NO5/c12-9(10(13)14)8(11(15)16)6-7-4-2-1-3-5-7/h1-5,8-9,12H,6H2,(H,13,14)/t8-,9+/m0/s1. The molecule has 0 saturated heterocycles. The van der Waals surface area contributed by atoms with Gasteiger partial charge in [0.15, 0.2) is 0 Å². The Bertz CT molecular complexity index is 378. The van der Waals surface area contributed by atoms with E-state index in [1.54, 1.807) is 30.3 Å². The van der Waals surface area contributed by atoms with Crippen LogP contribution in [0.4, 0.5) is 0 Å². The zero-order valence-electron chi connectivity index (χ0n) is 8.31. The van der Waals surface area contributed by atoms with E-state index in [2.05, 4.69) is 0 Å². The van der Waals surface area contributed by atoms with Crippen molar-refractivity contribution in [2.75, 3.05) is 0 Å². The fourth-order valence-electron chi connectivity index (χ4n) is 1.32. The van der Waals surface area contributed by atoms with Crippen molar-refractivity contribution in [2.24, 2.45) is 0 Å². The van der Waals surface area contributed by atoms with E-state index in [-0.39, 0.29) is 6.42 Å². The third-order valence-electron chi connectivity index (χ3n) is 2.18. The molecule has 0 aromatic heterocycles. The van der Waals surface area contributed by atoms with E-state index in [1.807, 2.05) is 0 Å². The Labute approximate surface area is 91.3 Å². The maximum absolute atomic E-state index is 10.6. The molecule has 0 fully saturated rings. The summed E-state index contributed by atoms with van der Waals surface area (Å²) < 4.78 is 0. The number of aliphatic hydroxyl groups excluding tert-OH is 1. The van der Waals surface area contributed by atoms with Gasteiger partial charge in [0.1, 0.15) is 0 Å². The molecule has 0 aliphatic carbocycles. The van der Waals surface area contributed by atoms with E-state index < -0.39 is 23.0 Å². The SMILES string of the molecule is O=C(O)[C@H](O)[C@H](Cc1ccccc1)[N+](=O)[O-]. The molecule has 0 unspecified atom stereocenters. The van der Waals surface area contributed by atoms with Crippen molar-refractivity contribution in [3.8, 4) is 0 Å². The zero-order valence-corrected chi connectivity index (χ0v) is 8.31. The lowest BCUT2D eigenvalue weighted by atomic mass is 10.0. The lowest BCUT2D eigenvalue weighted by Crippen LogP contribution is -2.41. The Morgan fingerprint density at radius 3 is 2.38 bits per heavy atom. The molecule has 0 saturated carbocycles. The van der Waals surface area contributed by atoms with Crippen molar-refractivity contribution in [1.29, 1.82) is 0 Å². The molecule has 0 heterocycles. The molecule has 0 aliphatic heterocycles. The number of aliphatic carboxylic acids is 1. The average molecular weight is 225 g/mol. The Balaban J connectivity index is 2.81. The third-order valence-corrected chi connectivity index (χ3v) is 2.18. The summed E-state index contributed by atoms with van der Waals surface area (Å²) >= 11 is 0. The quantitative estimate of drug-likeness (QED) is 0.555. The smallest absolute Gasteiger partial charge is 0.339 e. The van der Waals surface area contributed by atoms with E-state index in [0.717, 1.165) is 0 Å². The number of carbonyl (C=O) groups is 1. The Morgan fingerprint density at radius 2 is 1.94 bits per heavy atom. The monoisotopic (exact) mass is 225 g/mol. The first-order valence-electron chi connectivity index (χ1n) is 4.60. The van der Waals surface area contributed by atoms with Gasteiger partial charge in [0.2, 0.25) is 6.10 Å². The Kier molecular flexibility index (Phi) is 3.96. The summed E-state index contributed by atoms with van der Waals surface area (Å²) in [6.45, 7) is 0. The van der Waals surface area contributed by atoms with Gasteiger partial charge >= 0.3 is 5.97 Å². The molecule has 1 aromatic rings. The lowest BCUT2D eigenvalue weighted by Gasteiger charge is -2.12. The average Bonchev–Trinajstić information content (AvgIpc) is 2.26. The highest BCUT2D eigenvalue weighted by Gasteiger charge is 2.35. The zero-order chi connectivity index (χ0) is 12.1. The van der Waals surface area contributed by atoms with E-state index in [1.165, 1.54) is 0 Å². The topological polar surface area (TPSA) is 101 Å². The van der Waals surface area contributed by atoms with Crippen molar-refractivity contribution in [2.45, 2.75) is 18.6 Å². The minimum Gasteiger partial charge on any atom is -0.479 e. The highest BCUT2D eigenvalue weighted by Crippen LogP contribution is 2.09. The largest absolute Gasteiger partial charge is 0.479 e. The number of nitrogens with zero attached hydrogens (tertiary/aromatic N) is 1. The maximum Gasteiger partial charge on any atom is 0.339 e. The van der Waals surface area contributed by atoms with Gasteiger partial charge in [-0.15, -0.1) is 0 Å². The summed E-state index contributed by atoms with van der Waals surface area (Å²) in [5.41, 5.74) is 0.615. The number of aliphatic hydroxyl groups is 1. The predicted molar refractivity (Wildman–Crippen MR) is 54.6 cm³/mol. The minimum atomic E-state index is -1.99. The van der Waals surface area contributed by atoms with E-state index >= 15 is 0 Å². The van der Waals surface area contributed by atoms with Crippen molar-refractivity contribution in [3.05, 3.63) is 46.0 Å². The normalized spacial score (nSPS) is 14.1. The molecule has 1 rings (SSSR count). The second kappa shape index (κ2) is 5.22. The minimum absolute atomic E-state index is 0.110. The molecule has 0 radical (unpaired) electrons. The number of nitro groups is 1. The lowest BCUT2D eigenvalue weighted by molar-refractivity contribution is -0.531. The van der Waals surface area contributed by atoms with Crippen LogP contribution < -0.4 is 0 Å². The van der Waals surface area contributed by atoms with Gasteiger partial charge in [0, 0.05) is 11.3 Å². The fraction of sp³-hybridized carbons (Fsp3) is 0.300. The molecule has 0 amide bonds. The van der Waals surface area contributed by atoms with E-state index in [0.29, 0.717) is 5.56 Å².